The van der Waals surface area contributed by atoms with E-state index in [1.165, 1.54) is 19.2 Å². The first-order chi connectivity index (χ1) is 14.7. The largest absolute Gasteiger partial charge is 0.465 e. The summed E-state index contributed by atoms with van der Waals surface area (Å²) in [5, 5.41) is 0. The van der Waals surface area contributed by atoms with E-state index in [1.807, 2.05) is 20.8 Å². The Kier molecular flexibility index (Phi) is 6.82. The maximum Gasteiger partial charge on any atom is 0.337 e. The third kappa shape index (κ3) is 4.50. The number of imide groups is 1. The van der Waals surface area contributed by atoms with Gasteiger partial charge in [-0.1, -0.05) is 26.2 Å². The third-order valence-corrected chi connectivity index (χ3v) is 6.69. The molecule has 2 fully saturated rings. The average molecular weight is 429 g/mol. The topological polar surface area (TPSA) is 84.0 Å². The normalized spacial score (nSPS) is 20.1. The van der Waals surface area contributed by atoms with Crippen molar-refractivity contribution in [2.24, 2.45) is 5.92 Å². The van der Waals surface area contributed by atoms with Gasteiger partial charge >= 0.3 is 5.97 Å². The van der Waals surface area contributed by atoms with Gasteiger partial charge in [-0.3, -0.25) is 14.4 Å². The number of nitrogens with zero attached hydrogens (tertiary/aromatic N) is 2. The lowest BCUT2D eigenvalue weighted by molar-refractivity contribution is -0.149. The highest BCUT2D eigenvalue weighted by molar-refractivity contribution is 6.23. The van der Waals surface area contributed by atoms with Crippen LogP contribution in [0.3, 0.4) is 0 Å². The number of hydrogen-bond donors (Lipinski definition) is 0. The Balaban J connectivity index is 1.89. The predicted octanol–water partition coefficient (Wildman–Crippen LogP) is 3.70. The Hall–Kier alpha value is -2.70. The average Bonchev–Trinajstić information content (AvgIpc) is 3.07. The molecule has 1 saturated heterocycles. The Morgan fingerprint density at radius 3 is 2.26 bits per heavy atom. The summed E-state index contributed by atoms with van der Waals surface area (Å²) >= 11 is 0. The van der Waals surface area contributed by atoms with Gasteiger partial charge in [0.1, 0.15) is 6.04 Å². The van der Waals surface area contributed by atoms with Crippen LogP contribution in [0.5, 0.6) is 0 Å². The lowest BCUT2D eigenvalue weighted by Gasteiger charge is -2.43. The molecule has 168 valence electrons. The Morgan fingerprint density at radius 1 is 1.10 bits per heavy atom. The summed E-state index contributed by atoms with van der Waals surface area (Å²) in [5.74, 6) is -1.32. The van der Waals surface area contributed by atoms with Gasteiger partial charge in [0.25, 0.3) is 5.91 Å². The maximum absolute atomic E-state index is 13.5. The van der Waals surface area contributed by atoms with Gasteiger partial charge in [0, 0.05) is 11.5 Å². The van der Waals surface area contributed by atoms with Crippen molar-refractivity contribution in [3.63, 3.8) is 0 Å². The molecule has 0 radical (unpaired) electrons. The quantitative estimate of drug-likeness (QED) is 0.510. The number of hydrogen-bond acceptors (Lipinski definition) is 5. The van der Waals surface area contributed by atoms with Crippen LogP contribution < -0.4 is 4.90 Å². The first-order valence-corrected chi connectivity index (χ1v) is 11.1. The smallest absolute Gasteiger partial charge is 0.337 e. The standard InChI is InChI=1S/C24H32N2O5/c1-5-24(2,3)26(21(28)16-9-7-6-8-10-16)19-15-20(27)25(22(19)29)18-13-11-17(12-14-18)23(30)31-4/h11-14,16,19H,5-10,15H2,1-4H3. The van der Waals surface area contributed by atoms with Crippen molar-refractivity contribution < 1.29 is 23.9 Å². The van der Waals surface area contributed by atoms with Gasteiger partial charge in [-0.25, -0.2) is 9.69 Å². The molecule has 3 amide bonds. The van der Waals surface area contributed by atoms with Crippen LogP contribution in [0.25, 0.3) is 0 Å². The van der Waals surface area contributed by atoms with Crippen molar-refractivity contribution in [2.45, 2.75) is 77.3 Å². The zero-order chi connectivity index (χ0) is 22.8. The fourth-order valence-corrected chi connectivity index (χ4v) is 4.54. The second-order valence-corrected chi connectivity index (χ2v) is 9.03. The van der Waals surface area contributed by atoms with E-state index < -0.39 is 17.6 Å². The molecule has 1 unspecified atom stereocenters. The number of carbonyl (C=O) groups is 4. The van der Waals surface area contributed by atoms with E-state index in [0.717, 1.165) is 37.0 Å². The van der Waals surface area contributed by atoms with Gasteiger partial charge in [-0.15, -0.1) is 0 Å². The molecule has 31 heavy (non-hydrogen) atoms. The third-order valence-electron chi connectivity index (χ3n) is 6.69. The van der Waals surface area contributed by atoms with Crippen molar-refractivity contribution in [3.05, 3.63) is 29.8 Å². The summed E-state index contributed by atoms with van der Waals surface area (Å²) < 4.78 is 4.70. The van der Waals surface area contributed by atoms with Crippen molar-refractivity contribution in [2.75, 3.05) is 12.0 Å². The Morgan fingerprint density at radius 2 is 1.71 bits per heavy atom. The predicted molar refractivity (Wildman–Crippen MR) is 116 cm³/mol. The molecule has 1 saturated carbocycles. The highest BCUT2D eigenvalue weighted by Crippen LogP contribution is 2.35. The van der Waals surface area contributed by atoms with Gasteiger partial charge in [0.15, 0.2) is 0 Å². The van der Waals surface area contributed by atoms with Crippen LogP contribution >= 0.6 is 0 Å². The molecule has 0 spiro atoms. The zero-order valence-corrected chi connectivity index (χ0v) is 18.8. The molecule has 0 N–H and O–H groups in total. The molecule has 3 rings (SSSR count). The first-order valence-electron chi connectivity index (χ1n) is 11.1. The lowest BCUT2D eigenvalue weighted by Crippen LogP contribution is -2.57. The molecular weight excluding hydrogens is 396 g/mol. The molecule has 7 heteroatoms. The van der Waals surface area contributed by atoms with Gasteiger partial charge in [-0.05, 0) is 57.4 Å². The SMILES string of the molecule is CCC(C)(C)N(C(=O)C1CCCCC1)C1CC(=O)N(c2ccc(C(=O)OC)cc2)C1=O. The van der Waals surface area contributed by atoms with E-state index in [-0.39, 0.29) is 30.1 Å². The number of amides is 3. The molecule has 1 atom stereocenters. The van der Waals surface area contributed by atoms with Crippen LogP contribution in [0.4, 0.5) is 5.69 Å². The van der Waals surface area contributed by atoms with E-state index in [1.54, 1.807) is 17.0 Å². The van der Waals surface area contributed by atoms with Crippen LogP contribution in [-0.2, 0) is 19.1 Å². The lowest BCUT2D eigenvalue weighted by atomic mass is 9.85. The van der Waals surface area contributed by atoms with Crippen molar-refractivity contribution in [3.8, 4) is 0 Å². The van der Waals surface area contributed by atoms with E-state index in [2.05, 4.69) is 0 Å². The van der Waals surface area contributed by atoms with Crippen molar-refractivity contribution in [1.82, 2.24) is 4.90 Å². The van der Waals surface area contributed by atoms with Crippen LogP contribution in [0.2, 0.25) is 0 Å². The second kappa shape index (κ2) is 9.20. The number of anilines is 1. The highest BCUT2D eigenvalue weighted by atomic mass is 16.5. The minimum atomic E-state index is -0.808. The van der Waals surface area contributed by atoms with Gasteiger partial charge in [0.05, 0.1) is 24.8 Å². The molecule has 0 bridgehead atoms. The monoisotopic (exact) mass is 428 g/mol. The summed E-state index contributed by atoms with van der Waals surface area (Å²) in [6, 6.07) is 5.36. The fourth-order valence-electron chi connectivity index (χ4n) is 4.54. The van der Waals surface area contributed by atoms with Crippen LogP contribution in [0.15, 0.2) is 24.3 Å². The molecule has 2 aliphatic rings. The summed E-state index contributed by atoms with van der Waals surface area (Å²) in [6.45, 7) is 5.91. The molecule has 7 nitrogen and oxygen atoms in total. The molecule has 1 aromatic rings. The first kappa shape index (κ1) is 23.0. The van der Waals surface area contributed by atoms with Gasteiger partial charge < -0.3 is 9.64 Å². The number of carbonyl (C=O) groups excluding carboxylic acids is 4. The molecule has 0 aromatic heterocycles. The van der Waals surface area contributed by atoms with Gasteiger partial charge in [0.2, 0.25) is 11.8 Å². The van der Waals surface area contributed by atoms with Crippen LogP contribution in [0.1, 0.15) is 76.1 Å². The zero-order valence-electron chi connectivity index (χ0n) is 18.8. The summed E-state index contributed by atoms with van der Waals surface area (Å²) in [7, 11) is 1.29. The van der Waals surface area contributed by atoms with Crippen molar-refractivity contribution >= 4 is 29.4 Å². The van der Waals surface area contributed by atoms with E-state index >= 15 is 0 Å². The van der Waals surface area contributed by atoms with E-state index in [4.69, 9.17) is 4.74 Å². The maximum atomic E-state index is 13.5. The summed E-state index contributed by atoms with van der Waals surface area (Å²) in [5.41, 5.74) is 0.188. The highest BCUT2D eigenvalue weighted by Gasteiger charge is 2.49. The van der Waals surface area contributed by atoms with Gasteiger partial charge in [-0.2, -0.15) is 0 Å². The van der Waals surface area contributed by atoms with Crippen LogP contribution in [-0.4, -0.2) is 47.3 Å². The number of methoxy groups -OCH3 is 1. The van der Waals surface area contributed by atoms with E-state index in [9.17, 15) is 19.2 Å². The van der Waals surface area contributed by atoms with E-state index in [0.29, 0.717) is 17.7 Å². The number of rotatable bonds is 6. The van der Waals surface area contributed by atoms with Crippen molar-refractivity contribution in [1.29, 1.82) is 0 Å². The Bertz CT molecular complexity index is 855. The molecule has 1 aromatic carbocycles. The molecule has 1 aliphatic heterocycles. The minimum Gasteiger partial charge on any atom is -0.465 e. The molecule has 1 heterocycles. The Labute approximate surface area is 183 Å². The second-order valence-electron chi connectivity index (χ2n) is 9.03. The summed E-state index contributed by atoms with van der Waals surface area (Å²) in [6.07, 6.45) is 5.50. The fraction of sp³-hybridized carbons (Fsp3) is 0.583. The van der Waals surface area contributed by atoms with Crippen LogP contribution in [0, 0.1) is 5.92 Å². The minimum absolute atomic E-state index is 0.0133. The summed E-state index contributed by atoms with van der Waals surface area (Å²) in [4.78, 5) is 54.3. The molecular formula is C24H32N2O5. The molecule has 1 aliphatic carbocycles. The number of benzene rings is 1. The number of esters is 1. The number of ether oxygens (including phenoxy) is 1.